The highest BCUT2D eigenvalue weighted by Crippen LogP contribution is 2.52. The van der Waals surface area contributed by atoms with E-state index in [1.807, 2.05) is 0 Å². The molecule has 0 saturated heterocycles. The van der Waals surface area contributed by atoms with Crippen LogP contribution in [0.4, 0.5) is 35.1 Å². The quantitative estimate of drug-likeness (QED) is 0.219. The Hall–Kier alpha value is -0.503. The Kier molecular flexibility index (Phi) is 9.63. The van der Waals surface area contributed by atoms with Crippen molar-refractivity contribution in [1.29, 1.82) is 0 Å². The number of halogens is 8. The number of ether oxygens (including phenoxy) is 1. The molecule has 0 radical (unpaired) electrons. The fourth-order valence-electron chi connectivity index (χ4n) is 2.04. The third-order valence-electron chi connectivity index (χ3n) is 3.31. The molecular formula is C14H24F8O4Si. The van der Waals surface area contributed by atoms with Crippen molar-refractivity contribution < 1.29 is 53.1 Å². The second-order valence-electron chi connectivity index (χ2n) is 5.49. The maximum Gasteiger partial charge on any atom is 0.501 e. The molecule has 0 atom stereocenters. The van der Waals surface area contributed by atoms with Crippen LogP contribution in [-0.4, -0.2) is 59.1 Å². The van der Waals surface area contributed by atoms with E-state index in [2.05, 4.69) is 4.74 Å². The monoisotopic (exact) mass is 436 g/mol. The molecule has 0 amide bonds. The molecule has 0 spiro atoms. The van der Waals surface area contributed by atoms with E-state index in [4.69, 9.17) is 13.3 Å². The van der Waals surface area contributed by atoms with Gasteiger partial charge in [0.05, 0.1) is 6.61 Å². The van der Waals surface area contributed by atoms with E-state index in [1.165, 1.54) is 0 Å². The van der Waals surface area contributed by atoms with Crippen LogP contribution in [-0.2, 0) is 18.0 Å². The molecule has 0 N–H and O–H groups in total. The fraction of sp³-hybridized carbons (Fsp3) is 1.00. The third kappa shape index (κ3) is 6.24. The summed E-state index contributed by atoms with van der Waals surface area (Å²) in [7, 11) is -3.28. The van der Waals surface area contributed by atoms with Crippen molar-refractivity contribution in [3.05, 3.63) is 0 Å². The second kappa shape index (κ2) is 9.81. The lowest BCUT2D eigenvalue weighted by atomic mass is 10.1. The number of hydrogen-bond donors (Lipinski definition) is 0. The van der Waals surface area contributed by atoms with Gasteiger partial charge in [0.1, 0.15) is 0 Å². The average Bonchev–Trinajstić information content (AvgIpc) is 2.51. The maximum atomic E-state index is 13.4. The molecule has 0 bridgehead atoms. The molecule has 27 heavy (non-hydrogen) atoms. The highest BCUT2D eigenvalue weighted by atomic mass is 28.4. The zero-order valence-corrected chi connectivity index (χ0v) is 16.4. The minimum absolute atomic E-state index is 0.121. The zero-order valence-electron chi connectivity index (χ0n) is 15.4. The maximum absolute atomic E-state index is 13.4. The molecule has 0 aliphatic heterocycles. The molecule has 0 saturated carbocycles. The molecule has 0 aliphatic carbocycles. The molecular weight excluding hydrogens is 412 g/mol. The molecule has 0 unspecified atom stereocenters. The molecule has 13 heteroatoms. The van der Waals surface area contributed by atoms with E-state index in [-0.39, 0.29) is 32.3 Å². The van der Waals surface area contributed by atoms with Crippen LogP contribution in [0, 0.1) is 0 Å². The van der Waals surface area contributed by atoms with Crippen LogP contribution in [0.25, 0.3) is 0 Å². The number of alkyl halides is 8. The Bertz CT molecular complexity index is 428. The van der Waals surface area contributed by atoms with Crippen molar-refractivity contribution in [2.45, 2.75) is 64.0 Å². The minimum Gasteiger partial charge on any atom is -0.374 e. The largest absolute Gasteiger partial charge is 0.501 e. The summed E-state index contributed by atoms with van der Waals surface area (Å²) in [5.74, 6) is -18.1. The van der Waals surface area contributed by atoms with Crippen LogP contribution in [0.1, 0.15) is 34.1 Å². The van der Waals surface area contributed by atoms with Gasteiger partial charge in [-0.2, -0.15) is 35.1 Å². The summed E-state index contributed by atoms with van der Waals surface area (Å²) in [6.45, 7) is 3.66. The smallest absolute Gasteiger partial charge is 0.374 e. The van der Waals surface area contributed by atoms with Crippen LogP contribution in [0.15, 0.2) is 0 Å². The van der Waals surface area contributed by atoms with Crippen LogP contribution in [0.3, 0.4) is 0 Å². The number of rotatable bonds is 14. The van der Waals surface area contributed by atoms with Crippen molar-refractivity contribution in [3.8, 4) is 0 Å². The van der Waals surface area contributed by atoms with Crippen LogP contribution in [0.5, 0.6) is 0 Å². The van der Waals surface area contributed by atoms with E-state index in [9.17, 15) is 35.1 Å². The molecule has 0 rings (SSSR count). The first kappa shape index (κ1) is 26.5. The van der Waals surface area contributed by atoms with Crippen molar-refractivity contribution >= 4 is 8.80 Å². The van der Waals surface area contributed by atoms with E-state index in [1.54, 1.807) is 20.8 Å². The average molecular weight is 436 g/mol. The Morgan fingerprint density at radius 3 is 1.44 bits per heavy atom. The van der Waals surface area contributed by atoms with Gasteiger partial charge in [-0.05, 0) is 27.2 Å². The Balaban J connectivity index is 5.04. The van der Waals surface area contributed by atoms with Crippen molar-refractivity contribution in [3.63, 3.8) is 0 Å². The summed E-state index contributed by atoms with van der Waals surface area (Å²) < 4.78 is 125. The van der Waals surface area contributed by atoms with Gasteiger partial charge in [0.25, 0.3) is 0 Å². The Morgan fingerprint density at radius 2 is 1.11 bits per heavy atom. The van der Waals surface area contributed by atoms with Gasteiger partial charge in [-0.15, -0.1) is 0 Å². The minimum atomic E-state index is -6.42. The standard InChI is InChI=1S/C14H24F8O4Si/c1-5-24-27(25-6-2,26-7-3)10-8-9-23-14(21,22)13(19,20)12(17,18)11(4,15)16/h5-10H2,1-4H3. The summed E-state index contributed by atoms with van der Waals surface area (Å²) in [6.07, 6.45) is -6.19. The van der Waals surface area contributed by atoms with Gasteiger partial charge in [-0.3, -0.25) is 0 Å². The Labute approximate surface area is 153 Å². The topological polar surface area (TPSA) is 36.9 Å². The van der Waals surface area contributed by atoms with E-state index in [0.717, 1.165) is 0 Å². The van der Waals surface area contributed by atoms with Gasteiger partial charge in [-0.1, -0.05) is 0 Å². The zero-order chi connectivity index (χ0) is 21.6. The van der Waals surface area contributed by atoms with Gasteiger partial charge >= 0.3 is 32.7 Å². The van der Waals surface area contributed by atoms with Crippen LogP contribution < -0.4 is 0 Å². The first-order chi connectivity index (χ1) is 12.1. The molecule has 4 nitrogen and oxygen atoms in total. The second-order valence-corrected chi connectivity index (χ2v) is 8.22. The lowest BCUT2D eigenvalue weighted by Crippen LogP contribution is -2.62. The van der Waals surface area contributed by atoms with Gasteiger partial charge in [-0.25, -0.2) is 0 Å². The van der Waals surface area contributed by atoms with E-state index < -0.39 is 46.2 Å². The third-order valence-corrected chi connectivity index (χ3v) is 6.47. The SMILES string of the molecule is CCO[Si](CCCOC(F)(F)C(F)(F)C(F)(F)C(C)(F)F)(OCC)OCC. The van der Waals surface area contributed by atoms with Gasteiger partial charge in [0, 0.05) is 32.8 Å². The van der Waals surface area contributed by atoms with E-state index >= 15 is 0 Å². The molecule has 164 valence electrons. The summed E-state index contributed by atoms with van der Waals surface area (Å²) in [4.78, 5) is 0. The van der Waals surface area contributed by atoms with Crippen molar-refractivity contribution in [2.24, 2.45) is 0 Å². The first-order valence-electron chi connectivity index (χ1n) is 8.21. The lowest BCUT2D eigenvalue weighted by molar-refractivity contribution is -0.425. The highest BCUT2D eigenvalue weighted by Gasteiger charge is 2.80. The highest BCUT2D eigenvalue weighted by molar-refractivity contribution is 6.60. The molecule has 0 aromatic carbocycles. The van der Waals surface area contributed by atoms with Crippen molar-refractivity contribution in [2.75, 3.05) is 26.4 Å². The molecule has 0 aromatic heterocycles. The predicted octanol–water partition coefficient (Wildman–Crippen LogP) is 4.96. The normalized spacial score (nSPS) is 14.7. The van der Waals surface area contributed by atoms with Crippen molar-refractivity contribution in [1.82, 2.24) is 0 Å². The van der Waals surface area contributed by atoms with Gasteiger partial charge in [0.15, 0.2) is 0 Å². The molecule has 0 aromatic rings. The lowest BCUT2D eigenvalue weighted by Gasteiger charge is -2.35. The summed E-state index contributed by atoms with van der Waals surface area (Å²) >= 11 is 0. The first-order valence-corrected chi connectivity index (χ1v) is 10.1. The Morgan fingerprint density at radius 1 is 0.704 bits per heavy atom. The summed E-state index contributed by atoms with van der Waals surface area (Å²) in [5.41, 5.74) is 0. The molecule has 0 heterocycles. The predicted molar refractivity (Wildman–Crippen MR) is 81.5 cm³/mol. The van der Waals surface area contributed by atoms with Crippen LogP contribution >= 0.6 is 0 Å². The van der Waals surface area contributed by atoms with Crippen LogP contribution in [0.2, 0.25) is 6.04 Å². The summed E-state index contributed by atoms with van der Waals surface area (Å²) in [6, 6.07) is -0.121. The van der Waals surface area contributed by atoms with Gasteiger partial charge in [0.2, 0.25) is 0 Å². The number of hydrogen-bond acceptors (Lipinski definition) is 4. The van der Waals surface area contributed by atoms with Gasteiger partial charge < -0.3 is 18.0 Å². The fourth-order valence-corrected chi connectivity index (χ4v) is 4.62. The molecule has 0 aliphatic rings. The summed E-state index contributed by atoms with van der Waals surface area (Å²) in [5, 5.41) is 0. The van der Waals surface area contributed by atoms with E-state index in [0.29, 0.717) is 0 Å². The molecule has 0 fully saturated rings.